The van der Waals surface area contributed by atoms with Gasteiger partial charge >= 0.3 is 0 Å². The summed E-state index contributed by atoms with van der Waals surface area (Å²) < 4.78 is 71.6. The van der Waals surface area contributed by atoms with Crippen LogP contribution < -0.4 is 10.1 Å². The Hall–Kier alpha value is -4.09. The Labute approximate surface area is 239 Å². The molecule has 1 aliphatic heterocycles. The maximum absolute atomic E-state index is 16.3. The summed E-state index contributed by atoms with van der Waals surface area (Å²) in [5.74, 6) is -3.00. The zero-order valence-electron chi connectivity index (χ0n) is 23.4. The van der Waals surface area contributed by atoms with Crippen LogP contribution in [0.15, 0.2) is 48.5 Å². The zero-order valence-corrected chi connectivity index (χ0v) is 23.4. The largest absolute Gasteiger partial charge is 0.494 e. The summed E-state index contributed by atoms with van der Waals surface area (Å²) in [5, 5.41) is 22.2. The normalized spacial score (nSPS) is 18.8. The van der Waals surface area contributed by atoms with E-state index in [4.69, 9.17) is 9.47 Å². The van der Waals surface area contributed by atoms with Gasteiger partial charge in [-0.1, -0.05) is 12.1 Å². The van der Waals surface area contributed by atoms with Crippen molar-refractivity contribution >= 4 is 16.8 Å². The van der Waals surface area contributed by atoms with Crippen molar-refractivity contribution in [1.29, 1.82) is 0 Å². The quantitative estimate of drug-likeness (QED) is 0.274. The highest BCUT2D eigenvalue weighted by atomic mass is 19.1. The molecule has 11 heteroatoms. The van der Waals surface area contributed by atoms with Crippen LogP contribution in [-0.2, 0) is 15.9 Å². The first-order valence-electron chi connectivity index (χ1n) is 13.2. The lowest BCUT2D eigenvalue weighted by Gasteiger charge is -2.32. The molecule has 2 heterocycles. The van der Waals surface area contributed by atoms with E-state index in [9.17, 15) is 18.7 Å². The zero-order chi connectivity index (χ0) is 30.4. The molecule has 1 fully saturated rings. The van der Waals surface area contributed by atoms with E-state index in [0.29, 0.717) is 22.3 Å². The molecule has 1 amide bonds. The molecule has 4 aromatic rings. The summed E-state index contributed by atoms with van der Waals surface area (Å²) in [6.07, 6.45) is -1.85. The predicted molar refractivity (Wildman–Crippen MR) is 147 cm³/mol. The number of nitrogens with one attached hydrogen (secondary N) is 1. The number of hydrogen-bond acceptors (Lipinski definition) is 6. The molecular formula is C31H29F4N3O4. The average Bonchev–Trinajstić information content (AvgIpc) is 3.32. The molecule has 1 aromatic heterocycles. The first-order chi connectivity index (χ1) is 19.8. The number of hydrogen-bond donors (Lipinski definition) is 2. The number of ether oxygens (including phenoxy) is 2. The number of aryl methyl sites for hydroxylation is 1. The van der Waals surface area contributed by atoms with Gasteiger partial charge in [0, 0.05) is 28.5 Å². The van der Waals surface area contributed by atoms with Crippen LogP contribution in [0.3, 0.4) is 0 Å². The van der Waals surface area contributed by atoms with Crippen LogP contribution in [-0.4, -0.2) is 47.6 Å². The Bertz CT molecular complexity index is 1670. The van der Waals surface area contributed by atoms with Gasteiger partial charge in [-0.2, -0.15) is 5.10 Å². The molecule has 0 spiro atoms. The van der Waals surface area contributed by atoms with E-state index in [1.807, 2.05) is 0 Å². The second kappa shape index (κ2) is 11.0. The van der Waals surface area contributed by atoms with E-state index in [-0.39, 0.29) is 35.2 Å². The van der Waals surface area contributed by atoms with E-state index >= 15 is 8.78 Å². The monoisotopic (exact) mass is 583 g/mol. The van der Waals surface area contributed by atoms with Gasteiger partial charge in [-0.25, -0.2) is 17.6 Å². The van der Waals surface area contributed by atoms with Crippen LogP contribution in [0.5, 0.6) is 5.75 Å². The first kappa shape index (κ1) is 29.4. The number of halogens is 4. The van der Waals surface area contributed by atoms with Crippen molar-refractivity contribution in [2.75, 3.05) is 20.3 Å². The van der Waals surface area contributed by atoms with Crippen molar-refractivity contribution in [3.8, 4) is 16.9 Å². The average molecular weight is 584 g/mol. The summed E-state index contributed by atoms with van der Waals surface area (Å²) in [5.41, 5.74) is -3.29. The molecule has 1 saturated heterocycles. The summed E-state index contributed by atoms with van der Waals surface area (Å²) in [4.78, 5) is 13.4. The molecule has 5 rings (SSSR count). The van der Waals surface area contributed by atoms with Crippen molar-refractivity contribution < 1.29 is 36.9 Å². The van der Waals surface area contributed by atoms with Crippen LogP contribution >= 0.6 is 0 Å². The second-order valence-electron chi connectivity index (χ2n) is 10.9. The molecule has 0 saturated carbocycles. The van der Waals surface area contributed by atoms with Gasteiger partial charge < -0.3 is 19.9 Å². The number of nitrogens with zero attached hydrogens (tertiary/aromatic N) is 2. The highest BCUT2D eigenvalue weighted by Crippen LogP contribution is 2.44. The van der Waals surface area contributed by atoms with E-state index < -0.39 is 52.9 Å². The van der Waals surface area contributed by atoms with E-state index in [1.165, 1.54) is 39.2 Å². The molecule has 0 unspecified atom stereocenters. The Kier molecular flexibility index (Phi) is 7.67. The number of carbonyl (C=O) groups excluding carboxylic acids is 1. The van der Waals surface area contributed by atoms with Crippen molar-refractivity contribution in [2.24, 2.45) is 0 Å². The number of rotatable bonds is 7. The fourth-order valence-corrected chi connectivity index (χ4v) is 5.26. The van der Waals surface area contributed by atoms with Crippen molar-refractivity contribution in [2.45, 2.75) is 44.6 Å². The standard InChI is InChI=1S/C31H29F4N3O4/c1-16-9-18-10-19(11-24(41-4)28(18)38-37-16)29(39)36-15-31(13-21(33)14-42-31)23-12-22(30(2,3)40)26(34)25(27(23)35)17-5-7-20(32)8-6-17/h5-12,21,40H,13-15H2,1-4H3,(H,36,39)/t21-,31-/m1/s1. The van der Waals surface area contributed by atoms with E-state index in [1.54, 1.807) is 19.1 Å². The van der Waals surface area contributed by atoms with Gasteiger partial charge in [0.2, 0.25) is 0 Å². The summed E-state index contributed by atoms with van der Waals surface area (Å²) in [7, 11) is 1.43. The minimum atomic E-state index is -1.78. The lowest BCUT2D eigenvalue weighted by Crippen LogP contribution is -2.42. The second-order valence-corrected chi connectivity index (χ2v) is 10.9. The van der Waals surface area contributed by atoms with E-state index in [2.05, 4.69) is 15.5 Å². The van der Waals surface area contributed by atoms with Gasteiger partial charge in [-0.15, -0.1) is 5.10 Å². The Balaban J connectivity index is 1.58. The van der Waals surface area contributed by atoms with Crippen LogP contribution in [0.1, 0.15) is 47.4 Å². The molecule has 0 bridgehead atoms. The lowest BCUT2D eigenvalue weighted by molar-refractivity contribution is -0.00316. The van der Waals surface area contributed by atoms with Crippen molar-refractivity contribution in [1.82, 2.24) is 15.5 Å². The molecule has 3 aromatic carbocycles. The van der Waals surface area contributed by atoms with Gasteiger partial charge in [0.15, 0.2) is 0 Å². The Morgan fingerprint density at radius 3 is 2.45 bits per heavy atom. The molecule has 42 heavy (non-hydrogen) atoms. The number of benzene rings is 3. The van der Waals surface area contributed by atoms with Gasteiger partial charge in [-0.05, 0) is 62.7 Å². The topological polar surface area (TPSA) is 93.6 Å². The van der Waals surface area contributed by atoms with Crippen LogP contribution in [0.4, 0.5) is 17.6 Å². The third-order valence-electron chi connectivity index (χ3n) is 7.37. The highest BCUT2D eigenvalue weighted by molar-refractivity contribution is 5.99. The SMILES string of the molecule is COc1cc(C(=O)NC[C@@]2(c3cc(C(C)(C)O)c(F)c(-c4ccc(F)cc4)c3F)C[C@@H](F)CO2)cc2cc(C)nnc12. The fourth-order valence-electron chi connectivity index (χ4n) is 5.26. The molecular weight excluding hydrogens is 554 g/mol. The maximum Gasteiger partial charge on any atom is 0.251 e. The Morgan fingerprint density at radius 1 is 1.12 bits per heavy atom. The molecule has 2 atom stereocenters. The predicted octanol–water partition coefficient (Wildman–Crippen LogP) is 5.64. The van der Waals surface area contributed by atoms with Gasteiger partial charge in [0.05, 0.1) is 37.1 Å². The fraction of sp³-hybridized carbons (Fsp3) is 0.323. The number of methoxy groups -OCH3 is 1. The van der Waals surface area contributed by atoms with Gasteiger partial charge in [0.1, 0.15) is 40.5 Å². The smallest absolute Gasteiger partial charge is 0.251 e. The molecule has 1 aliphatic rings. The number of alkyl halides is 1. The molecule has 0 aliphatic carbocycles. The van der Waals surface area contributed by atoms with Crippen molar-refractivity contribution in [3.63, 3.8) is 0 Å². The minimum absolute atomic E-state index is 0.00869. The summed E-state index contributed by atoms with van der Waals surface area (Å²) >= 11 is 0. The summed E-state index contributed by atoms with van der Waals surface area (Å²) in [6.45, 7) is 3.63. The molecule has 7 nitrogen and oxygen atoms in total. The van der Waals surface area contributed by atoms with Gasteiger partial charge in [-0.3, -0.25) is 4.79 Å². The summed E-state index contributed by atoms with van der Waals surface area (Å²) in [6, 6.07) is 10.4. The maximum atomic E-state index is 16.3. The van der Waals surface area contributed by atoms with Crippen LogP contribution in [0.25, 0.3) is 22.0 Å². The van der Waals surface area contributed by atoms with Crippen LogP contribution in [0.2, 0.25) is 0 Å². The first-order valence-corrected chi connectivity index (χ1v) is 13.2. The van der Waals surface area contributed by atoms with Crippen molar-refractivity contribution in [3.05, 3.63) is 88.4 Å². The molecule has 2 N–H and O–H groups in total. The molecule has 220 valence electrons. The lowest BCUT2D eigenvalue weighted by atomic mass is 9.82. The third-order valence-corrected chi connectivity index (χ3v) is 7.37. The number of aromatic nitrogens is 2. The van der Waals surface area contributed by atoms with E-state index in [0.717, 1.165) is 18.2 Å². The van der Waals surface area contributed by atoms with Gasteiger partial charge in [0.25, 0.3) is 5.91 Å². The number of fused-ring (bicyclic) bond motifs is 1. The molecule has 0 radical (unpaired) electrons. The minimum Gasteiger partial charge on any atom is -0.494 e. The number of carbonyl (C=O) groups is 1. The Morgan fingerprint density at radius 2 is 1.83 bits per heavy atom. The number of amides is 1. The number of aliphatic hydroxyl groups is 1. The highest BCUT2D eigenvalue weighted by Gasteiger charge is 2.46. The van der Waals surface area contributed by atoms with Crippen LogP contribution in [0, 0.1) is 24.4 Å². The third kappa shape index (κ3) is 5.41.